The highest BCUT2D eigenvalue weighted by molar-refractivity contribution is 5.74. The number of aliphatic hydroxyl groups is 1. The van der Waals surface area contributed by atoms with Crippen LogP contribution in [0.5, 0.6) is 0 Å². The van der Waals surface area contributed by atoms with Crippen LogP contribution < -0.4 is 10.4 Å². The summed E-state index contributed by atoms with van der Waals surface area (Å²) in [6, 6.07) is 27.1. The highest BCUT2D eigenvalue weighted by atomic mass is 19.1. The van der Waals surface area contributed by atoms with Gasteiger partial charge in [0.25, 0.3) is 0 Å². The second-order valence-corrected chi connectivity index (χ2v) is 6.43. The first-order valence-corrected chi connectivity index (χ1v) is 10.1. The van der Waals surface area contributed by atoms with Crippen molar-refractivity contribution in [1.29, 1.82) is 0 Å². The van der Waals surface area contributed by atoms with Crippen LogP contribution in [0.4, 0.5) is 15.8 Å². The Kier molecular flexibility index (Phi) is 13.0. The number of halogens is 1. The molecule has 0 aliphatic heterocycles. The predicted molar refractivity (Wildman–Crippen MR) is 123 cm³/mol. The van der Waals surface area contributed by atoms with Crippen LogP contribution in [0.2, 0.25) is 0 Å². The Morgan fingerprint density at radius 2 is 1.35 bits per heavy atom. The second-order valence-electron chi connectivity index (χ2n) is 6.43. The standard InChI is InChI=1S/C14H15N.C10H12FNO2.CH4O/c1-2-15(13-9-5-3-6-10-13)14-11-7-4-8-12-14;11-9-6-4-8(5-7-9)2-1-3-10(13)12-14;1-2/h3-12H,2H2,1H3;4-7,14H,1-3H2,(H,12,13);2H,1H3. The molecule has 3 rings (SSSR count). The zero-order chi connectivity index (χ0) is 22.9. The molecule has 0 bridgehead atoms. The number of carbonyl (C=O) groups excluding carboxylic acids is 1. The third-order valence-electron chi connectivity index (χ3n) is 4.36. The van der Waals surface area contributed by atoms with Crippen LogP contribution in [0.1, 0.15) is 25.3 Å². The van der Waals surface area contributed by atoms with E-state index in [1.165, 1.54) is 23.5 Å². The van der Waals surface area contributed by atoms with Crippen LogP contribution in [0.25, 0.3) is 0 Å². The first-order valence-electron chi connectivity index (χ1n) is 10.1. The SMILES string of the molecule is CCN(c1ccccc1)c1ccccc1.CO.O=C(CCCc1ccc(F)cc1)NO. The minimum absolute atomic E-state index is 0.262. The summed E-state index contributed by atoms with van der Waals surface area (Å²) in [5, 5.41) is 15.2. The van der Waals surface area contributed by atoms with Gasteiger partial charge in [-0.2, -0.15) is 0 Å². The van der Waals surface area contributed by atoms with E-state index in [4.69, 9.17) is 10.3 Å². The highest BCUT2D eigenvalue weighted by Gasteiger charge is 2.04. The van der Waals surface area contributed by atoms with Crippen molar-refractivity contribution in [2.24, 2.45) is 0 Å². The van der Waals surface area contributed by atoms with Crippen molar-refractivity contribution in [2.75, 3.05) is 18.6 Å². The summed E-state index contributed by atoms with van der Waals surface area (Å²) in [5.41, 5.74) is 5.03. The topological polar surface area (TPSA) is 72.8 Å². The van der Waals surface area contributed by atoms with Gasteiger partial charge < -0.3 is 10.0 Å². The minimum atomic E-state index is -0.396. The number of para-hydroxylation sites is 2. The average molecular weight is 427 g/mol. The Bertz CT molecular complexity index is 804. The highest BCUT2D eigenvalue weighted by Crippen LogP contribution is 2.23. The molecule has 0 aliphatic carbocycles. The molecule has 6 heteroatoms. The quantitative estimate of drug-likeness (QED) is 0.363. The number of hydroxylamine groups is 1. The van der Waals surface area contributed by atoms with E-state index >= 15 is 0 Å². The molecule has 0 radical (unpaired) electrons. The molecule has 166 valence electrons. The smallest absolute Gasteiger partial charge is 0.243 e. The molecule has 31 heavy (non-hydrogen) atoms. The first kappa shape index (κ1) is 25.8. The van der Waals surface area contributed by atoms with Crippen LogP contribution in [0.15, 0.2) is 84.9 Å². The molecule has 0 fully saturated rings. The van der Waals surface area contributed by atoms with Crippen molar-refractivity contribution < 1.29 is 19.5 Å². The molecule has 0 heterocycles. The summed E-state index contributed by atoms with van der Waals surface area (Å²) in [6.07, 6.45) is 1.61. The van der Waals surface area contributed by atoms with E-state index in [9.17, 15) is 9.18 Å². The number of hydrogen-bond acceptors (Lipinski definition) is 4. The second kappa shape index (κ2) is 15.6. The van der Waals surface area contributed by atoms with Crippen molar-refractivity contribution in [2.45, 2.75) is 26.2 Å². The Morgan fingerprint density at radius 1 is 0.871 bits per heavy atom. The van der Waals surface area contributed by atoms with E-state index in [2.05, 4.69) is 60.4 Å². The van der Waals surface area contributed by atoms with Crippen molar-refractivity contribution >= 4 is 17.3 Å². The lowest BCUT2D eigenvalue weighted by Crippen LogP contribution is -2.18. The van der Waals surface area contributed by atoms with E-state index in [1.54, 1.807) is 17.6 Å². The summed E-state index contributed by atoms with van der Waals surface area (Å²) in [5.74, 6) is -0.658. The maximum absolute atomic E-state index is 12.5. The number of carbonyl (C=O) groups is 1. The first-order chi connectivity index (χ1) is 15.1. The van der Waals surface area contributed by atoms with Gasteiger partial charge in [-0.25, -0.2) is 9.87 Å². The van der Waals surface area contributed by atoms with Crippen LogP contribution >= 0.6 is 0 Å². The van der Waals surface area contributed by atoms with Gasteiger partial charge in [0, 0.05) is 31.5 Å². The Labute approximate surface area is 183 Å². The molecule has 3 N–H and O–H groups in total. The van der Waals surface area contributed by atoms with Gasteiger partial charge in [-0.1, -0.05) is 48.5 Å². The van der Waals surface area contributed by atoms with Crippen LogP contribution in [-0.4, -0.2) is 29.9 Å². The van der Waals surface area contributed by atoms with Gasteiger partial charge in [-0.3, -0.25) is 10.0 Å². The molecule has 0 unspecified atom stereocenters. The fourth-order valence-corrected chi connectivity index (χ4v) is 2.89. The number of aryl methyl sites for hydroxylation is 1. The molecule has 0 saturated heterocycles. The number of benzene rings is 3. The predicted octanol–water partition coefficient (Wildman–Crippen LogP) is 5.11. The van der Waals surface area contributed by atoms with E-state index in [0.717, 1.165) is 19.2 Å². The summed E-state index contributed by atoms with van der Waals surface area (Å²) < 4.78 is 12.5. The lowest BCUT2D eigenvalue weighted by Gasteiger charge is -2.23. The lowest BCUT2D eigenvalue weighted by atomic mass is 10.1. The maximum Gasteiger partial charge on any atom is 0.243 e. The average Bonchev–Trinajstić information content (AvgIpc) is 2.84. The van der Waals surface area contributed by atoms with Gasteiger partial charge in [0.1, 0.15) is 5.82 Å². The van der Waals surface area contributed by atoms with Gasteiger partial charge in [-0.15, -0.1) is 0 Å². The molecule has 0 aliphatic rings. The summed E-state index contributed by atoms with van der Waals surface area (Å²) in [6.45, 7) is 3.15. The molecule has 3 aromatic rings. The normalized spacial score (nSPS) is 9.45. The summed E-state index contributed by atoms with van der Waals surface area (Å²) in [4.78, 5) is 12.9. The van der Waals surface area contributed by atoms with E-state index in [0.29, 0.717) is 12.8 Å². The van der Waals surface area contributed by atoms with Crippen LogP contribution in [-0.2, 0) is 11.2 Å². The molecule has 5 nitrogen and oxygen atoms in total. The van der Waals surface area contributed by atoms with Crippen molar-refractivity contribution in [3.8, 4) is 0 Å². The van der Waals surface area contributed by atoms with E-state index < -0.39 is 5.91 Å². The van der Waals surface area contributed by atoms with Crippen LogP contribution in [0.3, 0.4) is 0 Å². The third kappa shape index (κ3) is 9.89. The molecule has 0 spiro atoms. The van der Waals surface area contributed by atoms with E-state index in [-0.39, 0.29) is 12.2 Å². The van der Waals surface area contributed by atoms with Gasteiger partial charge >= 0.3 is 0 Å². The molecule has 0 aromatic heterocycles. The Morgan fingerprint density at radius 3 is 1.77 bits per heavy atom. The number of nitrogens with one attached hydrogen (secondary N) is 1. The maximum atomic E-state index is 12.5. The number of anilines is 2. The number of nitrogens with zero attached hydrogens (tertiary/aromatic N) is 1. The van der Waals surface area contributed by atoms with Gasteiger partial charge in [0.2, 0.25) is 5.91 Å². The fourth-order valence-electron chi connectivity index (χ4n) is 2.89. The number of hydrogen-bond donors (Lipinski definition) is 3. The van der Waals surface area contributed by atoms with Gasteiger partial charge in [-0.05, 0) is 61.7 Å². The molecule has 0 saturated carbocycles. The molecule has 1 amide bonds. The monoisotopic (exact) mass is 426 g/mol. The molecule has 3 aromatic carbocycles. The van der Waals surface area contributed by atoms with Crippen LogP contribution in [0, 0.1) is 5.82 Å². The zero-order valence-corrected chi connectivity index (χ0v) is 18.0. The number of aliphatic hydroxyl groups excluding tert-OH is 1. The zero-order valence-electron chi connectivity index (χ0n) is 18.0. The van der Waals surface area contributed by atoms with Crippen molar-refractivity contribution in [3.05, 3.63) is 96.3 Å². The fraction of sp³-hybridized carbons (Fsp3) is 0.240. The number of rotatable bonds is 7. The van der Waals surface area contributed by atoms with Gasteiger partial charge in [0.05, 0.1) is 0 Å². The molecular formula is C25H31FN2O3. The minimum Gasteiger partial charge on any atom is -0.400 e. The summed E-state index contributed by atoms with van der Waals surface area (Å²) in [7, 11) is 1.00. The largest absolute Gasteiger partial charge is 0.400 e. The molecule has 0 atom stereocenters. The van der Waals surface area contributed by atoms with Crippen molar-refractivity contribution in [1.82, 2.24) is 5.48 Å². The third-order valence-corrected chi connectivity index (χ3v) is 4.36. The van der Waals surface area contributed by atoms with Crippen molar-refractivity contribution in [3.63, 3.8) is 0 Å². The molecular weight excluding hydrogens is 395 g/mol. The van der Waals surface area contributed by atoms with E-state index in [1.807, 2.05) is 12.1 Å². The lowest BCUT2D eigenvalue weighted by molar-refractivity contribution is -0.129. The summed E-state index contributed by atoms with van der Waals surface area (Å²) >= 11 is 0. The Hall–Kier alpha value is -3.22. The number of amides is 1. The Balaban J connectivity index is 0.000000288. The van der Waals surface area contributed by atoms with Gasteiger partial charge in [0.15, 0.2) is 0 Å².